The van der Waals surface area contributed by atoms with Gasteiger partial charge >= 0.3 is 0 Å². The number of aliphatic hydroxyl groups excluding tert-OH is 3. The van der Waals surface area contributed by atoms with E-state index in [2.05, 4.69) is 43.5 Å². The van der Waals surface area contributed by atoms with Crippen LogP contribution in [0.4, 0.5) is 0 Å². The van der Waals surface area contributed by atoms with E-state index in [0.717, 1.165) is 38.5 Å². The van der Waals surface area contributed by atoms with Crippen LogP contribution in [0.5, 0.6) is 0 Å². The van der Waals surface area contributed by atoms with Gasteiger partial charge in [0, 0.05) is 0 Å². The molecule has 0 saturated carbocycles. The monoisotopic (exact) mass is 760 g/mol. The van der Waals surface area contributed by atoms with Crippen LogP contribution >= 0.6 is 0 Å². The zero-order valence-electron chi connectivity index (χ0n) is 36.1. The minimum Gasteiger partial charge on any atom is -0.394 e. The van der Waals surface area contributed by atoms with Gasteiger partial charge < -0.3 is 20.6 Å². The van der Waals surface area contributed by atoms with Crippen molar-refractivity contribution in [2.45, 2.75) is 263 Å². The summed E-state index contributed by atoms with van der Waals surface area (Å²) in [6, 6.07) is -0.765. The third-order valence-electron chi connectivity index (χ3n) is 10.9. The molecule has 0 aromatic heterocycles. The summed E-state index contributed by atoms with van der Waals surface area (Å²) in [7, 11) is 0. The Morgan fingerprint density at radius 3 is 1.19 bits per heavy atom. The molecule has 5 nitrogen and oxygen atoms in total. The van der Waals surface area contributed by atoms with Crippen molar-refractivity contribution in [2.24, 2.45) is 0 Å². The van der Waals surface area contributed by atoms with Gasteiger partial charge in [-0.2, -0.15) is 0 Å². The SMILES string of the molecule is CCCCCCCCCCCCCCCC/C=C/CC/C=C/CC/C=C/C(O)C(CO)NC(=O)CC(O)CCCCCCCCCCCCCCCCC. The second-order valence-corrected chi connectivity index (χ2v) is 16.4. The molecule has 0 rings (SSSR count). The molecule has 54 heavy (non-hydrogen) atoms. The molecular weight excluding hydrogens is 667 g/mol. The summed E-state index contributed by atoms with van der Waals surface area (Å²) in [5, 5.41) is 33.2. The predicted octanol–water partition coefficient (Wildman–Crippen LogP) is 13.9. The summed E-state index contributed by atoms with van der Waals surface area (Å²) >= 11 is 0. The van der Waals surface area contributed by atoms with Crippen LogP contribution < -0.4 is 5.32 Å². The van der Waals surface area contributed by atoms with Crippen molar-refractivity contribution in [3.8, 4) is 0 Å². The average molecular weight is 760 g/mol. The van der Waals surface area contributed by atoms with Gasteiger partial charge in [-0.05, 0) is 44.9 Å². The van der Waals surface area contributed by atoms with Crippen molar-refractivity contribution >= 4 is 5.91 Å². The Hall–Kier alpha value is -1.43. The number of amides is 1. The molecule has 1 amide bonds. The Morgan fingerprint density at radius 1 is 0.463 bits per heavy atom. The molecule has 0 spiro atoms. The number of aliphatic hydroxyl groups is 3. The van der Waals surface area contributed by atoms with Gasteiger partial charge in [-0.3, -0.25) is 4.79 Å². The highest BCUT2D eigenvalue weighted by molar-refractivity contribution is 5.76. The van der Waals surface area contributed by atoms with E-state index in [1.54, 1.807) is 6.08 Å². The summed E-state index contributed by atoms with van der Waals surface area (Å²) in [5.41, 5.74) is 0. The van der Waals surface area contributed by atoms with E-state index in [1.807, 2.05) is 6.08 Å². The molecule has 3 atom stereocenters. The van der Waals surface area contributed by atoms with E-state index in [0.29, 0.717) is 6.42 Å². The summed E-state index contributed by atoms with van der Waals surface area (Å²) < 4.78 is 0. The number of unbranched alkanes of at least 4 members (excludes halogenated alkanes) is 30. The topological polar surface area (TPSA) is 89.8 Å². The van der Waals surface area contributed by atoms with Gasteiger partial charge in [0.25, 0.3) is 0 Å². The molecule has 0 aliphatic rings. The fourth-order valence-electron chi connectivity index (χ4n) is 7.25. The lowest BCUT2D eigenvalue weighted by atomic mass is 10.0. The first-order chi connectivity index (χ1) is 26.5. The highest BCUT2D eigenvalue weighted by Crippen LogP contribution is 2.16. The van der Waals surface area contributed by atoms with Gasteiger partial charge in [0.1, 0.15) is 0 Å². The standard InChI is InChI=1S/C49H93NO4/c1-3-5-7-9-11-13-15-17-19-20-21-22-23-24-25-26-27-29-31-33-35-37-39-41-43-48(53)47(45-51)50-49(54)44-46(52)42-40-38-36-34-32-30-28-18-16-14-12-10-8-6-4-2/h26-27,33,35,41,43,46-48,51-53H,3-25,28-32,34,36-40,42,44-45H2,1-2H3,(H,50,54)/b27-26+,35-33+,43-41+. The first kappa shape index (κ1) is 52.6. The number of carbonyl (C=O) groups is 1. The van der Waals surface area contributed by atoms with Gasteiger partial charge in [0.15, 0.2) is 0 Å². The first-order valence-electron chi connectivity index (χ1n) is 23.8. The summed E-state index contributed by atoms with van der Waals surface area (Å²) in [6.07, 6.45) is 55.9. The Kier molecular flexibility index (Phi) is 43.1. The second-order valence-electron chi connectivity index (χ2n) is 16.4. The Balaban J connectivity index is 3.69. The van der Waals surface area contributed by atoms with E-state index in [4.69, 9.17) is 0 Å². The van der Waals surface area contributed by atoms with Crippen LogP contribution in [-0.2, 0) is 4.79 Å². The number of allylic oxidation sites excluding steroid dienone is 5. The third-order valence-corrected chi connectivity index (χ3v) is 10.9. The number of hydrogen-bond acceptors (Lipinski definition) is 4. The van der Waals surface area contributed by atoms with Gasteiger partial charge in [-0.1, -0.05) is 230 Å². The van der Waals surface area contributed by atoms with Crippen molar-refractivity contribution < 1.29 is 20.1 Å². The van der Waals surface area contributed by atoms with Crippen LogP contribution in [0.15, 0.2) is 36.5 Å². The molecule has 0 aromatic rings. The maximum absolute atomic E-state index is 12.4. The van der Waals surface area contributed by atoms with Crippen molar-refractivity contribution in [3.63, 3.8) is 0 Å². The van der Waals surface area contributed by atoms with Crippen LogP contribution in [0.25, 0.3) is 0 Å². The van der Waals surface area contributed by atoms with Crippen molar-refractivity contribution in [1.29, 1.82) is 0 Å². The Morgan fingerprint density at radius 2 is 0.796 bits per heavy atom. The molecule has 0 radical (unpaired) electrons. The van der Waals surface area contributed by atoms with Gasteiger partial charge in [0.2, 0.25) is 5.91 Å². The quantitative estimate of drug-likeness (QED) is 0.0368. The van der Waals surface area contributed by atoms with Crippen LogP contribution in [0.2, 0.25) is 0 Å². The molecule has 318 valence electrons. The lowest BCUT2D eigenvalue weighted by Crippen LogP contribution is -2.45. The molecule has 0 aliphatic carbocycles. The highest BCUT2D eigenvalue weighted by Gasteiger charge is 2.20. The molecule has 5 heteroatoms. The van der Waals surface area contributed by atoms with Crippen LogP contribution in [-0.4, -0.2) is 46.1 Å². The lowest BCUT2D eigenvalue weighted by Gasteiger charge is -2.21. The molecule has 0 bridgehead atoms. The minimum atomic E-state index is -0.958. The average Bonchev–Trinajstić information content (AvgIpc) is 3.16. The Labute approximate surface area is 336 Å². The van der Waals surface area contributed by atoms with E-state index in [-0.39, 0.29) is 18.9 Å². The van der Waals surface area contributed by atoms with E-state index < -0.39 is 18.2 Å². The zero-order chi connectivity index (χ0) is 39.4. The third kappa shape index (κ3) is 40.2. The van der Waals surface area contributed by atoms with E-state index in [9.17, 15) is 20.1 Å². The largest absolute Gasteiger partial charge is 0.394 e. The maximum atomic E-state index is 12.4. The molecule has 0 heterocycles. The zero-order valence-corrected chi connectivity index (χ0v) is 36.1. The number of rotatable bonds is 43. The summed E-state index contributed by atoms with van der Waals surface area (Å²) in [6.45, 7) is 4.21. The molecule has 0 fully saturated rings. The fraction of sp³-hybridized carbons (Fsp3) is 0.857. The van der Waals surface area contributed by atoms with Crippen molar-refractivity contribution in [1.82, 2.24) is 5.32 Å². The van der Waals surface area contributed by atoms with E-state index in [1.165, 1.54) is 180 Å². The smallest absolute Gasteiger partial charge is 0.222 e. The molecule has 0 aromatic carbocycles. The minimum absolute atomic E-state index is 0.00496. The van der Waals surface area contributed by atoms with E-state index >= 15 is 0 Å². The van der Waals surface area contributed by atoms with Gasteiger partial charge in [0.05, 0.1) is 31.3 Å². The first-order valence-corrected chi connectivity index (χ1v) is 23.8. The lowest BCUT2D eigenvalue weighted by molar-refractivity contribution is -0.124. The molecular formula is C49H93NO4. The number of carbonyl (C=O) groups excluding carboxylic acids is 1. The molecule has 3 unspecified atom stereocenters. The fourth-order valence-corrected chi connectivity index (χ4v) is 7.25. The maximum Gasteiger partial charge on any atom is 0.222 e. The number of hydrogen-bond donors (Lipinski definition) is 4. The second kappa shape index (κ2) is 44.3. The van der Waals surface area contributed by atoms with Crippen LogP contribution in [0.1, 0.15) is 245 Å². The summed E-state index contributed by atoms with van der Waals surface area (Å²) in [5.74, 6) is -0.327. The van der Waals surface area contributed by atoms with Crippen molar-refractivity contribution in [3.05, 3.63) is 36.5 Å². The molecule has 4 N–H and O–H groups in total. The van der Waals surface area contributed by atoms with Crippen LogP contribution in [0.3, 0.4) is 0 Å². The Bertz CT molecular complexity index is 840. The van der Waals surface area contributed by atoms with Gasteiger partial charge in [-0.25, -0.2) is 0 Å². The normalized spacial score (nSPS) is 13.8. The van der Waals surface area contributed by atoms with Crippen molar-refractivity contribution in [2.75, 3.05) is 6.61 Å². The van der Waals surface area contributed by atoms with Crippen LogP contribution in [0, 0.1) is 0 Å². The predicted molar refractivity (Wildman–Crippen MR) is 236 cm³/mol. The summed E-state index contributed by atoms with van der Waals surface area (Å²) in [4.78, 5) is 12.4. The molecule has 0 saturated heterocycles. The van der Waals surface area contributed by atoms with Gasteiger partial charge in [-0.15, -0.1) is 0 Å². The highest BCUT2D eigenvalue weighted by atomic mass is 16.3. The molecule has 0 aliphatic heterocycles. The number of nitrogens with one attached hydrogen (secondary N) is 1.